The maximum absolute atomic E-state index is 12.0. The third-order valence-electron chi connectivity index (χ3n) is 4.64. The number of rotatable bonds is 3. The third kappa shape index (κ3) is 4.51. The number of hydrogen-bond acceptors (Lipinski definition) is 7. The highest BCUT2D eigenvalue weighted by atomic mass is 32.2. The normalized spacial score (nSPS) is 12.4. The Kier molecular flexibility index (Phi) is 6.27. The molecule has 0 radical (unpaired) electrons. The first-order valence-corrected chi connectivity index (χ1v) is 13.1. The summed E-state index contributed by atoms with van der Waals surface area (Å²) in [7, 11) is -16.2. The summed E-state index contributed by atoms with van der Waals surface area (Å²) in [6.45, 7) is 1.19. The lowest BCUT2D eigenvalue weighted by molar-refractivity contribution is -0.115. The van der Waals surface area contributed by atoms with Gasteiger partial charge in [0.05, 0.1) is 0 Å². The highest BCUT2D eigenvalue weighted by Gasteiger charge is 2.37. The lowest BCUT2D eigenvalue weighted by Crippen LogP contribution is -2.16. The van der Waals surface area contributed by atoms with Gasteiger partial charge in [0.25, 0.3) is 30.4 Å². The van der Waals surface area contributed by atoms with Gasteiger partial charge in [0.1, 0.15) is 14.7 Å². The fourth-order valence-corrected chi connectivity index (χ4v) is 7.20. The summed E-state index contributed by atoms with van der Waals surface area (Å²) in [6, 6.07) is 10.3. The Hall–Kier alpha value is -3.37. The van der Waals surface area contributed by atoms with E-state index in [1.165, 1.54) is 31.2 Å². The van der Waals surface area contributed by atoms with Crippen molar-refractivity contribution in [3.63, 3.8) is 0 Å². The zero-order chi connectivity index (χ0) is 25.6. The van der Waals surface area contributed by atoms with E-state index in [0.29, 0.717) is 16.2 Å². The second-order valence-corrected chi connectivity index (χ2v) is 10.9. The van der Waals surface area contributed by atoms with Crippen molar-refractivity contribution < 1.29 is 43.7 Å². The predicted molar refractivity (Wildman–Crippen MR) is 119 cm³/mol. The number of nitrogens with zero attached hydrogens (tertiary/aromatic N) is 3. The molecular weight excluding hydrogens is 514 g/mol. The molecule has 0 fully saturated rings. The number of carbonyl (C=O) groups is 1. The summed E-state index contributed by atoms with van der Waals surface area (Å²) in [5, 5.41) is 3.59. The van der Waals surface area contributed by atoms with Crippen molar-refractivity contribution >= 4 is 68.6 Å². The Morgan fingerprint density at radius 3 is 1.44 bits per heavy atom. The Balaban J connectivity index is 0.000000481. The van der Waals surface area contributed by atoms with Crippen LogP contribution >= 0.6 is 0 Å². The van der Waals surface area contributed by atoms with Gasteiger partial charge in [-0.25, -0.2) is 0 Å². The van der Waals surface area contributed by atoms with Crippen LogP contribution in [0.1, 0.15) is 6.92 Å². The average Bonchev–Trinajstić information content (AvgIpc) is 2.69. The van der Waals surface area contributed by atoms with Gasteiger partial charge in [-0.15, -0.1) is 0 Å². The van der Waals surface area contributed by atoms with Crippen LogP contribution in [0.3, 0.4) is 0 Å². The van der Waals surface area contributed by atoms with E-state index in [1.807, 2.05) is 0 Å². The largest absolute Gasteiger partial charge is 0.297 e. The molecular formula is C18H13N3O10S3. The van der Waals surface area contributed by atoms with Crippen LogP contribution in [0.15, 0.2) is 62.3 Å². The summed E-state index contributed by atoms with van der Waals surface area (Å²) in [6.07, 6.45) is 0. The monoisotopic (exact) mass is 527 g/mol. The molecule has 0 unspecified atom stereocenters. The quantitative estimate of drug-likeness (QED) is 0.116. The van der Waals surface area contributed by atoms with Crippen LogP contribution in [0.25, 0.3) is 42.8 Å². The zero-order valence-electron chi connectivity index (χ0n) is 16.8. The molecule has 0 aliphatic carbocycles. The van der Waals surface area contributed by atoms with Crippen molar-refractivity contribution in [2.24, 2.45) is 5.11 Å². The lowest BCUT2D eigenvalue weighted by atomic mass is 9.94. The molecule has 34 heavy (non-hydrogen) atoms. The second kappa shape index (κ2) is 8.44. The Morgan fingerprint density at radius 1 is 0.735 bits per heavy atom. The van der Waals surface area contributed by atoms with E-state index in [9.17, 15) is 43.7 Å². The Morgan fingerprint density at radius 2 is 1.15 bits per heavy atom. The van der Waals surface area contributed by atoms with Gasteiger partial charge in [0, 0.05) is 28.0 Å². The van der Waals surface area contributed by atoms with Crippen LogP contribution in [0.2, 0.25) is 0 Å². The van der Waals surface area contributed by atoms with Crippen molar-refractivity contribution in [2.75, 3.05) is 0 Å². The van der Waals surface area contributed by atoms with Gasteiger partial charge in [-0.1, -0.05) is 42.5 Å². The SMILES string of the molecule is CC(=O)N=[N+]=[N-].O=S(=O)(O)c1c(S(=O)(=O)O)c2ccc3cccc4ccc(c1S(=O)(=O)O)c2c34. The van der Waals surface area contributed by atoms with E-state index in [1.54, 1.807) is 18.2 Å². The summed E-state index contributed by atoms with van der Waals surface area (Å²) >= 11 is 0. The standard InChI is InChI=1S/C16H10O9S3.C2H3N3O/c17-26(18,19)14-10-6-4-8-2-1-3-9-5-7-11(13(10)12(8)9)15(27(20,21)22)16(14)28(23,24)25;1-2(6)4-5-3/h1-7H,(H,17,18,19)(H,20,21,22)(H,23,24,25);1H3. The average molecular weight is 528 g/mol. The molecule has 4 rings (SSSR count). The Labute approximate surface area is 191 Å². The number of benzene rings is 4. The molecule has 0 spiro atoms. The molecule has 0 aliphatic heterocycles. The lowest BCUT2D eigenvalue weighted by Gasteiger charge is -2.18. The second-order valence-electron chi connectivity index (χ2n) is 6.80. The van der Waals surface area contributed by atoms with Crippen LogP contribution in [-0.4, -0.2) is 44.8 Å². The molecule has 0 saturated heterocycles. The van der Waals surface area contributed by atoms with Gasteiger partial charge in [0.15, 0.2) is 0 Å². The van der Waals surface area contributed by atoms with Gasteiger partial charge in [-0.3, -0.25) is 18.5 Å². The van der Waals surface area contributed by atoms with E-state index in [-0.39, 0.29) is 16.2 Å². The van der Waals surface area contributed by atoms with E-state index < -0.39 is 50.9 Å². The van der Waals surface area contributed by atoms with E-state index in [0.717, 1.165) is 0 Å². The molecule has 4 aromatic carbocycles. The topological polar surface area (TPSA) is 229 Å². The van der Waals surface area contributed by atoms with Gasteiger partial charge in [-0.05, 0) is 26.8 Å². The number of azide groups is 1. The molecule has 16 heteroatoms. The fourth-order valence-electron chi connectivity index (χ4n) is 3.62. The van der Waals surface area contributed by atoms with E-state index >= 15 is 0 Å². The highest BCUT2D eigenvalue weighted by Crippen LogP contribution is 2.44. The van der Waals surface area contributed by atoms with Crippen LogP contribution < -0.4 is 0 Å². The van der Waals surface area contributed by atoms with Crippen molar-refractivity contribution in [3.8, 4) is 0 Å². The van der Waals surface area contributed by atoms with Gasteiger partial charge < -0.3 is 0 Å². The smallest absolute Gasteiger partial charge is 0.293 e. The maximum atomic E-state index is 12.0. The van der Waals surface area contributed by atoms with Crippen molar-refractivity contribution in [3.05, 3.63) is 52.9 Å². The van der Waals surface area contributed by atoms with Crippen LogP contribution in [0, 0.1) is 0 Å². The summed E-state index contributed by atoms with van der Waals surface area (Å²) in [4.78, 5) is 7.57. The maximum Gasteiger partial charge on any atom is 0.297 e. The predicted octanol–water partition coefficient (Wildman–Crippen LogP) is 3.17. The first kappa shape index (κ1) is 25.3. The minimum Gasteiger partial charge on any atom is -0.293 e. The van der Waals surface area contributed by atoms with Crippen LogP contribution in [0.5, 0.6) is 0 Å². The van der Waals surface area contributed by atoms with Crippen LogP contribution in [-0.2, 0) is 35.1 Å². The molecule has 178 valence electrons. The summed E-state index contributed by atoms with van der Waals surface area (Å²) in [5.41, 5.74) is 7.47. The number of carbonyl (C=O) groups excluding carboxylic acids is 1. The molecule has 13 nitrogen and oxygen atoms in total. The third-order valence-corrected chi connectivity index (χ3v) is 7.70. The molecule has 0 aromatic heterocycles. The molecule has 0 saturated carbocycles. The number of hydrogen-bond donors (Lipinski definition) is 3. The molecule has 1 amide bonds. The highest BCUT2D eigenvalue weighted by molar-refractivity contribution is 7.90. The molecule has 0 heterocycles. The first-order chi connectivity index (χ1) is 15.6. The van der Waals surface area contributed by atoms with Crippen molar-refractivity contribution in [1.29, 1.82) is 0 Å². The minimum atomic E-state index is -5.50. The van der Waals surface area contributed by atoms with E-state index in [4.69, 9.17) is 5.53 Å². The van der Waals surface area contributed by atoms with Gasteiger partial charge in [-0.2, -0.15) is 25.3 Å². The van der Waals surface area contributed by atoms with Crippen molar-refractivity contribution in [2.45, 2.75) is 21.6 Å². The minimum absolute atomic E-state index is 0.00301. The molecule has 0 atom stereocenters. The molecule has 4 aromatic rings. The first-order valence-electron chi connectivity index (χ1n) is 8.80. The Bertz CT molecular complexity index is 1760. The van der Waals surface area contributed by atoms with Gasteiger partial charge in [0.2, 0.25) is 5.91 Å². The van der Waals surface area contributed by atoms with Crippen molar-refractivity contribution in [1.82, 2.24) is 0 Å². The molecule has 3 N–H and O–H groups in total. The number of amides is 1. The van der Waals surface area contributed by atoms with Crippen LogP contribution in [0.4, 0.5) is 0 Å². The zero-order valence-corrected chi connectivity index (χ0v) is 19.3. The summed E-state index contributed by atoms with van der Waals surface area (Å²) in [5.74, 6) is -0.502. The van der Waals surface area contributed by atoms with Gasteiger partial charge >= 0.3 is 0 Å². The van der Waals surface area contributed by atoms with E-state index in [2.05, 4.69) is 10.0 Å². The molecule has 0 bridgehead atoms. The fraction of sp³-hybridized carbons (Fsp3) is 0.0556. The molecule has 0 aliphatic rings. The summed E-state index contributed by atoms with van der Waals surface area (Å²) < 4.78 is 101.